The molecular formula is C15H18ClN3O2. The molecule has 1 aromatic carbocycles. The van der Waals surface area contributed by atoms with Crippen LogP contribution in [0.2, 0.25) is 5.02 Å². The van der Waals surface area contributed by atoms with Gasteiger partial charge in [-0.05, 0) is 18.6 Å². The van der Waals surface area contributed by atoms with E-state index in [1.807, 2.05) is 18.2 Å². The molecule has 5 nitrogen and oxygen atoms in total. The van der Waals surface area contributed by atoms with E-state index in [1.54, 1.807) is 0 Å². The normalized spacial score (nSPS) is 24.0. The molecule has 0 bridgehead atoms. The van der Waals surface area contributed by atoms with Gasteiger partial charge in [0.1, 0.15) is 5.52 Å². The Kier molecular flexibility index (Phi) is 3.49. The van der Waals surface area contributed by atoms with Crippen molar-refractivity contribution in [2.75, 3.05) is 44.3 Å². The largest absolute Gasteiger partial charge is 0.423 e. The van der Waals surface area contributed by atoms with Crippen molar-refractivity contribution in [1.82, 2.24) is 9.88 Å². The fourth-order valence-corrected chi connectivity index (χ4v) is 3.34. The maximum atomic E-state index is 5.99. The van der Waals surface area contributed by atoms with Crippen LogP contribution in [0.3, 0.4) is 0 Å². The number of morpholine rings is 1. The van der Waals surface area contributed by atoms with E-state index in [-0.39, 0.29) is 0 Å². The Morgan fingerprint density at radius 1 is 1.19 bits per heavy atom. The standard InChI is InChI=1S/C15H18ClN3O2/c16-11-1-2-13-14(9-11)21-15(17-13)19-4-3-12(10-19)18-5-7-20-8-6-18/h1-2,9,12H,3-8,10H2. The molecule has 1 unspecified atom stereocenters. The van der Waals surface area contributed by atoms with E-state index in [9.17, 15) is 0 Å². The lowest BCUT2D eigenvalue weighted by molar-refractivity contribution is 0.0209. The van der Waals surface area contributed by atoms with E-state index >= 15 is 0 Å². The number of benzene rings is 1. The zero-order chi connectivity index (χ0) is 14.2. The molecule has 6 heteroatoms. The highest BCUT2D eigenvalue weighted by Crippen LogP contribution is 2.28. The fraction of sp³-hybridized carbons (Fsp3) is 0.533. The molecular weight excluding hydrogens is 290 g/mol. The Morgan fingerprint density at radius 3 is 2.90 bits per heavy atom. The molecule has 2 saturated heterocycles. The highest BCUT2D eigenvalue weighted by atomic mass is 35.5. The van der Waals surface area contributed by atoms with Crippen molar-refractivity contribution in [1.29, 1.82) is 0 Å². The van der Waals surface area contributed by atoms with Crippen LogP contribution in [0.1, 0.15) is 6.42 Å². The lowest BCUT2D eigenvalue weighted by atomic mass is 10.2. The van der Waals surface area contributed by atoms with E-state index in [0.717, 1.165) is 56.9 Å². The molecule has 0 spiro atoms. The molecule has 4 rings (SSSR count). The van der Waals surface area contributed by atoms with Crippen LogP contribution in [-0.4, -0.2) is 55.3 Å². The van der Waals surface area contributed by atoms with Crippen molar-refractivity contribution < 1.29 is 9.15 Å². The van der Waals surface area contributed by atoms with Crippen LogP contribution in [0.4, 0.5) is 6.01 Å². The number of ether oxygens (including phenoxy) is 1. The quantitative estimate of drug-likeness (QED) is 0.852. The number of anilines is 1. The van der Waals surface area contributed by atoms with Gasteiger partial charge in [-0.15, -0.1) is 0 Å². The molecule has 0 saturated carbocycles. The first-order chi connectivity index (χ1) is 10.3. The van der Waals surface area contributed by atoms with E-state index in [0.29, 0.717) is 17.1 Å². The van der Waals surface area contributed by atoms with Crippen molar-refractivity contribution in [3.8, 4) is 0 Å². The number of hydrogen-bond donors (Lipinski definition) is 0. The van der Waals surface area contributed by atoms with Gasteiger partial charge in [0.25, 0.3) is 6.01 Å². The van der Waals surface area contributed by atoms with Crippen LogP contribution in [0.5, 0.6) is 0 Å². The van der Waals surface area contributed by atoms with Gasteiger partial charge < -0.3 is 14.1 Å². The van der Waals surface area contributed by atoms with E-state index in [1.165, 1.54) is 0 Å². The number of rotatable bonds is 2. The van der Waals surface area contributed by atoms with Crippen LogP contribution in [0, 0.1) is 0 Å². The first-order valence-corrected chi connectivity index (χ1v) is 7.80. The fourth-order valence-electron chi connectivity index (χ4n) is 3.18. The highest BCUT2D eigenvalue weighted by Gasteiger charge is 2.30. The Hall–Kier alpha value is -1.30. The molecule has 1 atom stereocenters. The molecule has 3 heterocycles. The number of aromatic nitrogens is 1. The monoisotopic (exact) mass is 307 g/mol. The topological polar surface area (TPSA) is 41.7 Å². The average molecular weight is 308 g/mol. The van der Waals surface area contributed by atoms with E-state index in [4.69, 9.17) is 20.8 Å². The summed E-state index contributed by atoms with van der Waals surface area (Å²) >= 11 is 5.99. The molecule has 0 aliphatic carbocycles. The molecule has 2 aromatic rings. The predicted octanol–water partition coefficient (Wildman–Crippen LogP) is 2.39. The van der Waals surface area contributed by atoms with Gasteiger partial charge in [-0.2, -0.15) is 4.98 Å². The minimum atomic E-state index is 0.576. The predicted molar refractivity (Wildman–Crippen MR) is 82.0 cm³/mol. The van der Waals surface area contributed by atoms with Crippen LogP contribution < -0.4 is 4.90 Å². The number of hydrogen-bond acceptors (Lipinski definition) is 5. The second-order valence-corrected chi connectivity index (χ2v) is 6.08. The lowest BCUT2D eigenvalue weighted by Gasteiger charge is -2.31. The SMILES string of the molecule is Clc1ccc2nc(N3CCC(N4CCOCC4)C3)oc2c1. The van der Waals surface area contributed by atoms with Crippen molar-refractivity contribution >= 4 is 28.7 Å². The molecule has 0 radical (unpaired) electrons. The van der Waals surface area contributed by atoms with Gasteiger partial charge in [-0.1, -0.05) is 11.6 Å². The second-order valence-electron chi connectivity index (χ2n) is 5.65. The Bertz CT molecular complexity index is 639. The summed E-state index contributed by atoms with van der Waals surface area (Å²) in [6.07, 6.45) is 1.15. The summed E-state index contributed by atoms with van der Waals surface area (Å²) in [6, 6.07) is 6.86. The van der Waals surface area contributed by atoms with Gasteiger partial charge in [0, 0.05) is 43.3 Å². The van der Waals surface area contributed by atoms with Gasteiger partial charge >= 0.3 is 0 Å². The minimum absolute atomic E-state index is 0.576. The minimum Gasteiger partial charge on any atom is -0.423 e. The third kappa shape index (κ3) is 2.61. The zero-order valence-electron chi connectivity index (χ0n) is 11.8. The maximum Gasteiger partial charge on any atom is 0.298 e. The summed E-state index contributed by atoms with van der Waals surface area (Å²) in [6.45, 7) is 5.71. The third-order valence-corrected chi connectivity index (χ3v) is 4.57. The molecule has 1 aromatic heterocycles. The van der Waals surface area contributed by atoms with Gasteiger partial charge in [0.05, 0.1) is 13.2 Å². The number of halogens is 1. The first kappa shape index (κ1) is 13.4. The summed E-state index contributed by atoms with van der Waals surface area (Å²) in [5, 5.41) is 0.679. The van der Waals surface area contributed by atoms with Crippen molar-refractivity contribution in [2.24, 2.45) is 0 Å². The van der Waals surface area contributed by atoms with E-state index < -0.39 is 0 Å². The molecule has 2 fully saturated rings. The molecule has 0 amide bonds. The third-order valence-electron chi connectivity index (χ3n) is 4.34. The van der Waals surface area contributed by atoms with Gasteiger partial charge in [0.15, 0.2) is 5.58 Å². The Labute approximate surface area is 128 Å². The Balaban J connectivity index is 1.50. The summed E-state index contributed by atoms with van der Waals surface area (Å²) in [5.41, 5.74) is 1.62. The highest BCUT2D eigenvalue weighted by molar-refractivity contribution is 6.31. The van der Waals surface area contributed by atoms with Gasteiger partial charge in [0.2, 0.25) is 0 Å². The molecule has 0 N–H and O–H groups in total. The molecule has 21 heavy (non-hydrogen) atoms. The number of fused-ring (bicyclic) bond motifs is 1. The summed E-state index contributed by atoms with van der Waals surface area (Å²) in [7, 11) is 0. The molecule has 112 valence electrons. The zero-order valence-corrected chi connectivity index (χ0v) is 12.6. The van der Waals surface area contributed by atoms with Crippen molar-refractivity contribution in [3.05, 3.63) is 23.2 Å². The van der Waals surface area contributed by atoms with E-state index in [2.05, 4.69) is 14.8 Å². The smallest absolute Gasteiger partial charge is 0.298 e. The molecule has 2 aliphatic rings. The number of nitrogens with zero attached hydrogens (tertiary/aromatic N) is 3. The van der Waals surface area contributed by atoms with Crippen LogP contribution >= 0.6 is 11.6 Å². The van der Waals surface area contributed by atoms with Gasteiger partial charge in [-0.25, -0.2) is 0 Å². The van der Waals surface area contributed by atoms with Crippen molar-refractivity contribution in [3.63, 3.8) is 0 Å². The van der Waals surface area contributed by atoms with Crippen molar-refractivity contribution in [2.45, 2.75) is 12.5 Å². The summed E-state index contributed by atoms with van der Waals surface area (Å²) in [4.78, 5) is 9.32. The Morgan fingerprint density at radius 2 is 2.05 bits per heavy atom. The summed E-state index contributed by atoms with van der Waals surface area (Å²) < 4.78 is 11.3. The lowest BCUT2D eigenvalue weighted by Crippen LogP contribution is -2.44. The first-order valence-electron chi connectivity index (χ1n) is 7.42. The molecule has 2 aliphatic heterocycles. The van der Waals surface area contributed by atoms with Gasteiger partial charge in [-0.3, -0.25) is 4.90 Å². The van der Waals surface area contributed by atoms with Crippen LogP contribution in [0.25, 0.3) is 11.1 Å². The van der Waals surface area contributed by atoms with Crippen LogP contribution in [-0.2, 0) is 4.74 Å². The summed E-state index contributed by atoms with van der Waals surface area (Å²) in [5.74, 6) is 0. The average Bonchev–Trinajstić information content (AvgIpc) is 3.14. The second kappa shape index (κ2) is 5.48. The maximum absolute atomic E-state index is 5.99. The number of oxazole rings is 1. The van der Waals surface area contributed by atoms with Crippen LogP contribution in [0.15, 0.2) is 22.6 Å².